The number of rotatable bonds is 7. The van der Waals surface area contributed by atoms with Crippen LogP contribution in [0.3, 0.4) is 0 Å². The Morgan fingerprint density at radius 2 is 2.22 bits per heavy atom. The van der Waals surface area contributed by atoms with Crippen molar-refractivity contribution in [1.82, 2.24) is 5.32 Å². The molecular formula is C13H20N2O3. The van der Waals surface area contributed by atoms with Gasteiger partial charge in [0.25, 0.3) is 5.69 Å². The lowest BCUT2D eigenvalue weighted by Gasteiger charge is -2.17. The first-order chi connectivity index (χ1) is 8.58. The molecule has 1 aromatic rings. The number of aryl methyl sites for hydroxylation is 1. The minimum absolute atomic E-state index is 0.172. The van der Waals surface area contributed by atoms with Crippen LogP contribution in [-0.4, -0.2) is 31.2 Å². The van der Waals surface area contributed by atoms with Gasteiger partial charge in [0.1, 0.15) is 0 Å². The maximum Gasteiger partial charge on any atom is 0.272 e. The molecule has 1 atom stereocenters. The first-order valence-corrected chi connectivity index (χ1v) is 6.04. The molecule has 1 rings (SSSR count). The first kappa shape index (κ1) is 14.6. The Balaban J connectivity index is 2.77. The average molecular weight is 252 g/mol. The number of hydrogen-bond acceptors (Lipinski definition) is 4. The Labute approximate surface area is 107 Å². The summed E-state index contributed by atoms with van der Waals surface area (Å²) in [5.41, 5.74) is 1.96. The molecule has 0 aliphatic rings. The highest BCUT2D eigenvalue weighted by atomic mass is 16.6. The molecule has 5 heteroatoms. The second-order valence-corrected chi connectivity index (χ2v) is 4.29. The summed E-state index contributed by atoms with van der Waals surface area (Å²) in [5.74, 6) is 0. The fourth-order valence-electron chi connectivity index (χ4n) is 2.01. The van der Waals surface area contributed by atoms with Crippen LogP contribution >= 0.6 is 0 Å². The van der Waals surface area contributed by atoms with Gasteiger partial charge in [-0.1, -0.05) is 13.0 Å². The summed E-state index contributed by atoms with van der Waals surface area (Å²) in [5, 5.41) is 14.1. The lowest BCUT2D eigenvalue weighted by atomic mass is 10.0. The molecule has 0 aliphatic carbocycles. The van der Waals surface area contributed by atoms with Crippen LogP contribution in [0, 0.1) is 17.0 Å². The monoisotopic (exact) mass is 252 g/mol. The number of nitro benzene ring substituents is 1. The van der Waals surface area contributed by atoms with Crippen molar-refractivity contribution in [2.45, 2.75) is 26.3 Å². The summed E-state index contributed by atoms with van der Waals surface area (Å²) in [6, 6.07) is 5.49. The fourth-order valence-corrected chi connectivity index (χ4v) is 2.01. The third kappa shape index (κ3) is 4.09. The van der Waals surface area contributed by atoms with Crippen LogP contribution in [0.5, 0.6) is 0 Å². The number of nitrogens with zero attached hydrogens (tertiary/aromatic N) is 1. The van der Waals surface area contributed by atoms with Gasteiger partial charge in [-0.25, -0.2) is 0 Å². The Bertz CT molecular complexity index is 401. The zero-order valence-corrected chi connectivity index (χ0v) is 11.1. The minimum atomic E-state index is -0.351. The standard InChI is InChI=1S/C13H20N2O3/c1-4-14-12(9-18-3)8-11-5-6-13(15(16)17)10(2)7-11/h5-7,12,14H,4,8-9H2,1-3H3. The molecule has 18 heavy (non-hydrogen) atoms. The second kappa shape index (κ2) is 7.08. The Morgan fingerprint density at radius 1 is 1.50 bits per heavy atom. The Morgan fingerprint density at radius 3 is 2.72 bits per heavy atom. The number of likely N-dealkylation sites (N-methyl/N-ethyl adjacent to an activating group) is 1. The number of nitro groups is 1. The molecule has 0 aliphatic heterocycles. The van der Waals surface area contributed by atoms with Crippen molar-refractivity contribution < 1.29 is 9.66 Å². The van der Waals surface area contributed by atoms with E-state index in [4.69, 9.17) is 4.74 Å². The van der Waals surface area contributed by atoms with E-state index in [0.29, 0.717) is 12.2 Å². The fraction of sp³-hybridized carbons (Fsp3) is 0.538. The van der Waals surface area contributed by atoms with Gasteiger partial charge in [0.15, 0.2) is 0 Å². The van der Waals surface area contributed by atoms with Crippen LogP contribution in [0.2, 0.25) is 0 Å². The van der Waals surface area contributed by atoms with Crippen molar-refractivity contribution in [2.24, 2.45) is 0 Å². The van der Waals surface area contributed by atoms with Crippen LogP contribution < -0.4 is 5.32 Å². The number of methoxy groups -OCH3 is 1. The van der Waals surface area contributed by atoms with Crippen LogP contribution in [0.1, 0.15) is 18.1 Å². The molecule has 0 aromatic heterocycles. The highest BCUT2D eigenvalue weighted by Gasteiger charge is 2.13. The van der Waals surface area contributed by atoms with E-state index in [-0.39, 0.29) is 16.7 Å². The largest absolute Gasteiger partial charge is 0.383 e. The molecule has 1 unspecified atom stereocenters. The molecule has 0 saturated heterocycles. The number of nitrogens with one attached hydrogen (secondary N) is 1. The molecule has 5 nitrogen and oxygen atoms in total. The third-order valence-electron chi connectivity index (χ3n) is 2.80. The lowest BCUT2D eigenvalue weighted by Crippen LogP contribution is -2.34. The summed E-state index contributed by atoms with van der Waals surface area (Å²) < 4.78 is 5.15. The van der Waals surface area contributed by atoms with Crippen molar-refractivity contribution >= 4 is 5.69 Å². The van der Waals surface area contributed by atoms with Crippen LogP contribution in [0.25, 0.3) is 0 Å². The van der Waals surface area contributed by atoms with E-state index in [1.54, 1.807) is 20.1 Å². The summed E-state index contributed by atoms with van der Waals surface area (Å²) >= 11 is 0. The van der Waals surface area contributed by atoms with Gasteiger partial charge in [0.05, 0.1) is 11.5 Å². The molecule has 1 N–H and O–H groups in total. The summed E-state index contributed by atoms with van der Waals surface area (Å²) in [6.07, 6.45) is 0.806. The number of ether oxygens (including phenoxy) is 1. The molecule has 1 aromatic carbocycles. The SMILES string of the molecule is CCNC(COC)Cc1ccc([N+](=O)[O-])c(C)c1. The van der Waals surface area contributed by atoms with Gasteiger partial charge in [-0.2, -0.15) is 0 Å². The summed E-state index contributed by atoms with van der Waals surface area (Å²) in [6.45, 7) is 5.31. The van der Waals surface area contributed by atoms with Crippen molar-refractivity contribution in [3.05, 3.63) is 39.4 Å². The van der Waals surface area contributed by atoms with Gasteiger partial charge < -0.3 is 10.1 Å². The molecule has 100 valence electrons. The highest BCUT2D eigenvalue weighted by molar-refractivity contribution is 5.42. The third-order valence-corrected chi connectivity index (χ3v) is 2.80. The second-order valence-electron chi connectivity index (χ2n) is 4.29. The van der Waals surface area contributed by atoms with Crippen LogP contribution in [0.15, 0.2) is 18.2 Å². The lowest BCUT2D eigenvalue weighted by molar-refractivity contribution is -0.385. The maximum absolute atomic E-state index is 10.7. The van der Waals surface area contributed by atoms with E-state index in [9.17, 15) is 10.1 Å². The van der Waals surface area contributed by atoms with E-state index in [1.807, 2.05) is 19.1 Å². The van der Waals surface area contributed by atoms with E-state index in [1.165, 1.54) is 0 Å². The van der Waals surface area contributed by atoms with Crippen molar-refractivity contribution in [3.8, 4) is 0 Å². The van der Waals surface area contributed by atoms with Gasteiger partial charge >= 0.3 is 0 Å². The topological polar surface area (TPSA) is 64.4 Å². The maximum atomic E-state index is 10.7. The summed E-state index contributed by atoms with van der Waals surface area (Å²) in [7, 11) is 1.67. The Kier molecular flexibility index (Phi) is 5.74. The van der Waals surface area contributed by atoms with E-state index in [2.05, 4.69) is 5.32 Å². The average Bonchev–Trinajstić information content (AvgIpc) is 2.29. The normalized spacial score (nSPS) is 12.4. The summed E-state index contributed by atoms with van der Waals surface area (Å²) in [4.78, 5) is 10.4. The van der Waals surface area contributed by atoms with Gasteiger partial charge in [0, 0.05) is 24.8 Å². The zero-order valence-electron chi connectivity index (χ0n) is 11.1. The molecule has 0 fully saturated rings. The molecule has 0 heterocycles. The van der Waals surface area contributed by atoms with E-state index >= 15 is 0 Å². The molecule has 0 bridgehead atoms. The van der Waals surface area contributed by atoms with Gasteiger partial charge in [-0.3, -0.25) is 10.1 Å². The zero-order chi connectivity index (χ0) is 13.5. The molecule has 0 amide bonds. The van der Waals surface area contributed by atoms with Gasteiger partial charge in [-0.15, -0.1) is 0 Å². The first-order valence-electron chi connectivity index (χ1n) is 6.04. The van der Waals surface area contributed by atoms with Gasteiger partial charge in [0.2, 0.25) is 0 Å². The van der Waals surface area contributed by atoms with Crippen molar-refractivity contribution in [1.29, 1.82) is 0 Å². The van der Waals surface area contributed by atoms with E-state index in [0.717, 1.165) is 18.5 Å². The van der Waals surface area contributed by atoms with Crippen molar-refractivity contribution in [3.63, 3.8) is 0 Å². The molecular weight excluding hydrogens is 232 g/mol. The number of benzene rings is 1. The Hall–Kier alpha value is -1.46. The van der Waals surface area contributed by atoms with E-state index < -0.39 is 0 Å². The molecule has 0 saturated carbocycles. The van der Waals surface area contributed by atoms with Crippen molar-refractivity contribution in [2.75, 3.05) is 20.3 Å². The van der Waals surface area contributed by atoms with Gasteiger partial charge in [-0.05, 0) is 31.5 Å². The van der Waals surface area contributed by atoms with Crippen LogP contribution in [0.4, 0.5) is 5.69 Å². The highest BCUT2D eigenvalue weighted by Crippen LogP contribution is 2.19. The smallest absolute Gasteiger partial charge is 0.272 e. The minimum Gasteiger partial charge on any atom is -0.383 e. The molecule has 0 radical (unpaired) electrons. The van der Waals surface area contributed by atoms with Crippen LogP contribution in [-0.2, 0) is 11.2 Å². The number of hydrogen-bond donors (Lipinski definition) is 1. The quantitative estimate of drug-likeness (QED) is 0.596. The predicted molar refractivity (Wildman–Crippen MR) is 70.9 cm³/mol. The predicted octanol–water partition coefficient (Wildman–Crippen LogP) is 2.07. The molecule has 0 spiro atoms.